The fourth-order valence-electron chi connectivity index (χ4n) is 1.96. The molecule has 7 heteroatoms. The third-order valence-electron chi connectivity index (χ3n) is 3.11. The Kier molecular flexibility index (Phi) is 3.84. The first-order valence-electron chi connectivity index (χ1n) is 6.75. The second-order valence-electron chi connectivity index (χ2n) is 4.68. The van der Waals surface area contributed by atoms with Crippen LogP contribution >= 0.6 is 0 Å². The zero-order chi connectivity index (χ0) is 16.2. The number of nitrogens with zero attached hydrogens (tertiary/aromatic N) is 3. The predicted octanol–water partition coefficient (Wildman–Crippen LogP) is 2.22. The first-order valence-corrected chi connectivity index (χ1v) is 6.75. The average Bonchev–Trinajstić information content (AvgIpc) is 3.06. The van der Waals surface area contributed by atoms with Crippen LogP contribution < -0.4 is 5.32 Å². The minimum Gasteiger partial charge on any atom is -0.478 e. The number of amides is 1. The van der Waals surface area contributed by atoms with Gasteiger partial charge in [-0.2, -0.15) is 0 Å². The van der Waals surface area contributed by atoms with Crippen LogP contribution in [0.2, 0.25) is 0 Å². The van der Waals surface area contributed by atoms with E-state index < -0.39 is 11.9 Å². The molecule has 1 aromatic heterocycles. The second-order valence-corrected chi connectivity index (χ2v) is 4.68. The smallest absolute Gasteiger partial charge is 0.335 e. The first-order chi connectivity index (χ1) is 11.1. The lowest BCUT2D eigenvalue weighted by Crippen LogP contribution is -2.14. The van der Waals surface area contributed by atoms with E-state index in [9.17, 15) is 9.59 Å². The zero-order valence-electron chi connectivity index (χ0n) is 11.9. The van der Waals surface area contributed by atoms with Crippen molar-refractivity contribution in [2.45, 2.75) is 0 Å². The van der Waals surface area contributed by atoms with Gasteiger partial charge in [0, 0.05) is 5.69 Å². The fraction of sp³-hybridized carbons (Fsp3) is 0. The maximum Gasteiger partial charge on any atom is 0.335 e. The monoisotopic (exact) mass is 308 g/mol. The van der Waals surface area contributed by atoms with Crippen molar-refractivity contribution in [1.82, 2.24) is 14.8 Å². The van der Waals surface area contributed by atoms with Gasteiger partial charge in [-0.15, -0.1) is 5.10 Å². The number of hydrogen-bond donors (Lipinski definition) is 2. The molecule has 0 fully saturated rings. The minimum atomic E-state index is -1.02. The van der Waals surface area contributed by atoms with Crippen molar-refractivity contribution in [3.63, 3.8) is 0 Å². The molecule has 23 heavy (non-hydrogen) atoms. The van der Waals surface area contributed by atoms with Gasteiger partial charge in [-0.3, -0.25) is 4.79 Å². The van der Waals surface area contributed by atoms with E-state index >= 15 is 0 Å². The summed E-state index contributed by atoms with van der Waals surface area (Å²) < 4.78 is 1.50. The number of para-hydroxylation sites is 1. The van der Waals surface area contributed by atoms with Crippen LogP contribution in [-0.2, 0) is 0 Å². The Morgan fingerprint density at radius 1 is 1.00 bits per heavy atom. The van der Waals surface area contributed by atoms with Gasteiger partial charge in [-0.25, -0.2) is 14.5 Å². The van der Waals surface area contributed by atoms with Gasteiger partial charge in [0.05, 0.1) is 11.3 Å². The highest BCUT2D eigenvalue weighted by Crippen LogP contribution is 2.11. The van der Waals surface area contributed by atoms with E-state index in [4.69, 9.17) is 5.11 Å². The van der Waals surface area contributed by atoms with Crippen LogP contribution in [0, 0.1) is 0 Å². The van der Waals surface area contributed by atoms with Crippen LogP contribution in [0.1, 0.15) is 21.0 Å². The number of hydrogen-bond acceptors (Lipinski definition) is 4. The van der Waals surface area contributed by atoms with Gasteiger partial charge >= 0.3 is 5.97 Å². The third-order valence-corrected chi connectivity index (χ3v) is 3.11. The average molecular weight is 308 g/mol. The van der Waals surface area contributed by atoms with E-state index in [-0.39, 0.29) is 11.4 Å². The summed E-state index contributed by atoms with van der Waals surface area (Å²) >= 11 is 0. The van der Waals surface area contributed by atoms with Gasteiger partial charge < -0.3 is 10.4 Å². The Labute approximate surface area is 131 Å². The molecule has 3 rings (SSSR count). The van der Waals surface area contributed by atoms with Gasteiger partial charge in [-0.1, -0.05) is 18.2 Å². The molecule has 3 aromatic rings. The molecule has 0 saturated heterocycles. The van der Waals surface area contributed by atoms with E-state index in [0.717, 1.165) is 5.69 Å². The molecule has 1 amide bonds. The Balaban J connectivity index is 1.74. The zero-order valence-corrected chi connectivity index (χ0v) is 11.9. The van der Waals surface area contributed by atoms with E-state index in [1.165, 1.54) is 35.3 Å². The number of carbonyl (C=O) groups is 2. The van der Waals surface area contributed by atoms with Crippen LogP contribution in [-0.4, -0.2) is 31.7 Å². The number of carboxylic acids is 1. The largest absolute Gasteiger partial charge is 0.478 e. The lowest BCUT2D eigenvalue weighted by atomic mass is 10.2. The van der Waals surface area contributed by atoms with E-state index in [1.54, 1.807) is 0 Å². The molecule has 2 aromatic carbocycles. The number of nitrogens with one attached hydrogen (secondary N) is 1. The van der Waals surface area contributed by atoms with Gasteiger partial charge in [0.25, 0.3) is 5.91 Å². The number of benzene rings is 2. The number of anilines is 1. The molecular weight excluding hydrogens is 296 g/mol. The van der Waals surface area contributed by atoms with Crippen molar-refractivity contribution in [1.29, 1.82) is 0 Å². The molecule has 0 atom stereocenters. The van der Waals surface area contributed by atoms with Crippen LogP contribution in [0.3, 0.4) is 0 Å². The summed E-state index contributed by atoms with van der Waals surface area (Å²) in [6, 6.07) is 15.1. The summed E-state index contributed by atoms with van der Waals surface area (Å²) in [6.07, 6.45) is 1.46. The molecule has 0 aliphatic rings. The maximum absolute atomic E-state index is 12.1. The highest BCUT2D eigenvalue weighted by Gasteiger charge is 2.12. The Morgan fingerprint density at radius 2 is 1.70 bits per heavy atom. The van der Waals surface area contributed by atoms with Crippen molar-refractivity contribution >= 4 is 17.6 Å². The Bertz CT molecular complexity index is 841. The predicted molar refractivity (Wildman–Crippen MR) is 82.7 cm³/mol. The van der Waals surface area contributed by atoms with Gasteiger partial charge in [-0.05, 0) is 36.4 Å². The molecule has 0 aliphatic carbocycles. The lowest BCUT2D eigenvalue weighted by molar-refractivity contribution is 0.0696. The summed E-state index contributed by atoms with van der Waals surface area (Å²) in [5.74, 6) is -1.47. The van der Waals surface area contributed by atoms with Crippen molar-refractivity contribution < 1.29 is 14.7 Å². The topological polar surface area (TPSA) is 97.1 Å². The van der Waals surface area contributed by atoms with Crippen molar-refractivity contribution in [2.75, 3.05) is 5.32 Å². The molecule has 0 aliphatic heterocycles. The second kappa shape index (κ2) is 6.10. The van der Waals surface area contributed by atoms with E-state index in [0.29, 0.717) is 5.69 Å². The first kappa shape index (κ1) is 14.5. The molecule has 2 N–H and O–H groups in total. The molecule has 114 valence electrons. The molecular formula is C16H12N4O3. The number of carboxylic acid groups (broad SMARTS) is 1. The van der Waals surface area contributed by atoms with E-state index in [2.05, 4.69) is 15.4 Å². The standard InChI is InChI=1S/C16H12N4O3/c21-15(18-12-8-6-11(7-9-12)16(22)23)14-17-10-20(19-14)13-4-2-1-3-5-13/h1-10H,(H,18,21)(H,22,23). The number of rotatable bonds is 4. The summed E-state index contributed by atoms with van der Waals surface area (Å²) in [5.41, 5.74) is 1.41. The summed E-state index contributed by atoms with van der Waals surface area (Å²) in [6.45, 7) is 0. The van der Waals surface area contributed by atoms with Gasteiger partial charge in [0.15, 0.2) is 0 Å². The number of aromatic nitrogens is 3. The molecule has 1 heterocycles. The number of aromatic carboxylic acids is 1. The molecule has 0 unspecified atom stereocenters. The fourth-order valence-corrected chi connectivity index (χ4v) is 1.96. The van der Waals surface area contributed by atoms with Crippen LogP contribution in [0.15, 0.2) is 60.9 Å². The number of carbonyl (C=O) groups excluding carboxylic acids is 1. The van der Waals surface area contributed by atoms with Crippen LogP contribution in [0.25, 0.3) is 5.69 Å². The molecule has 0 bridgehead atoms. The summed E-state index contributed by atoms with van der Waals surface area (Å²) in [7, 11) is 0. The third kappa shape index (κ3) is 3.24. The minimum absolute atomic E-state index is 0.0242. The van der Waals surface area contributed by atoms with Crippen molar-refractivity contribution in [2.24, 2.45) is 0 Å². The maximum atomic E-state index is 12.1. The van der Waals surface area contributed by atoms with Crippen LogP contribution in [0.4, 0.5) is 5.69 Å². The Morgan fingerprint density at radius 3 is 2.35 bits per heavy atom. The highest BCUT2D eigenvalue weighted by atomic mass is 16.4. The Hall–Kier alpha value is -3.48. The molecule has 0 radical (unpaired) electrons. The van der Waals surface area contributed by atoms with Crippen LogP contribution in [0.5, 0.6) is 0 Å². The van der Waals surface area contributed by atoms with Crippen molar-refractivity contribution in [3.05, 3.63) is 72.3 Å². The normalized spacial score (nSPS) is 10.3. The SMILES string of the molecule is O=C(O)c1ccc(NC(=O)c2ncn(-c3ccccc3)n2)cc1. The summed E-state index contributed by atoms with van der Waals surface area (Å²) in [4.78, 5) is 26.9. The molecule has 0 saturated carbocycles. The van der Waals surface area contributed by atoms with Gasteiger partial charge in [0.1, 0.15) is 6.33 Å². The lowest BCUT2D eigenvalue weighted by Gasteiger charge is -2.03. The molecule has 7 nitrogen and oxygen atoms in total. The highest BCUT2D eigenvalue weighted by molar-refractivity contribution is 6.01. The van der Waals surface area contributed by atoms with E-state index in [1.807, 2.05) is 30.3 Å². The summed E-state index contributed by atoms with van der Waals surface area (Å²) in [5, 5.41) is 15.6. The van der Waals surface area contributed by atoms with Crippen molar-refractivity contribution in [3.8, 4) is 5.69 Å². The van der Waals surface area contributed by atoms with Gasteiger partial charge in [0.2, 0.25) is 5.82 Å². The quantitative estimate of drug-likeness (QED) is 0.770. The molecule has 0 spiro atoms.